The molecule has 0 radical (unpaired) electrons. The smallest absolute Gasteiger partial charge is 0.339 e. The maximum absolute atomic E-state index is 11.3. The van der Waals surface area contributed by atoms with Crippen LogP contribution in [0.2, 0.25) is 0 Å². The van der Waals surface area contributed by atoms with Crippen molar-refractivity contribution in [3.63, 3.8) is 0 Å². The highest BCUT2D eigenvalue weighted by molar-refractivity contribution is 6.02. The second kappa shape index (κ2) is 9.29. The molecule has 1 rings (SSSR count). The van der Waals surface area contributed by atoms with Crippen molar-refractivity contribution in [3.8, 4) is 0 Å². The first-order chi connectivity index (χ1) is 9.43. The molecule has 0 unspecified atom stereocenters. The zero-order valence-corrected chi connectivity index (χ0v) is 10.5. The molecule has 0 saturated heterocycles. The first kappa shape index (κ1) is 17.3. The number of carbonyl (C=O) groups excluding carboxylic acids is 1. The van der Waals surface area contributed by atoms with Crippen molar-refractivity contribution in [2.45, 2.75) is 0 Å². The fraction of sp³-hybridized carbons (Fsp3) is 0.154. The van der Waals surface area contributed by atoms with Crippen molar-refractivity contribution in [2.75, 3.05) is 13.2 Å². The summed E-state index contributed by atoms with van der Waals surface area (Å²) in [5.74, 6) is -2.92. The Morgan fingerprint density at radius 2 is 1.65 bits per heavy atom. The Labute approximate surface area is 114 Å². The molecule has 0 heterocycles. The lowest BCUT2D eigenvalue weighted by Gasteiger charge is -2.05. The van der Waals surface area contributed by atoms with Gasteiger partial charge in [0.25, 0.3) is 0 Å². The summed E-state index contributed by atoms with van der Waals surface area (Å²) in [4.78, 5) is 31.3. The van der Waals surface area contributed by atoms with Crippen molar-refractivity contribution in [2.24, 2.45) is 0 Å². The lowest BCUT2D eigenvalue weighted by atomic mass is 10.1. The van der Waals surface area contributed by atoms with Crippen molar-refractivity contribution in [3.05, 3.63) is 48.0 Å². The van der Waals surface area contributed by atoms with E-state index in [0.29, 0.717) is 0 Å². The van der Waals surface area contributed by atoms with Crippen LogP contribution < -0.4 is 0 Å². The van der Waals surface area contributed by atoms with E-state index in [1.54, 1.807) is 6.07 Å². The highest BCUT2D eigenvalue weighted by Gasteiger charge is 2.16. The van der Waals surface area contributed by atoms with E-state index < -0.39 is 17.9 Å². The van der Waals surface area contributed by atoms with Crippen LogP contribution in [0.5, 0.6) is 0 Å². The van der Waals surface area contributed by atoms with Crippen LogP contribution in [0.15, 0.2) is 36.9 Å². The summed E-state index contributed by atoms with van der Waals surface area (Å²) >= 11 is 0. The number of aliphatic hydroxyl groups is 1. The molecule has 0 bridgehead atoms. The Morgan fingerprint density at radius 1 is 1.15 bits per heavy atom. The number of hydrogen-bond acceptors (Lipinski definition) is 5. The van der Waals surface area contributed by atoms with E-state index in [-0.39, 0.29) is 24.3 Å². The molecule has 0 amide bonds. The minimum atomic E-state index is -1.19. The first-order valence-electron chi connectivity index (χ1n) is 5.39. The summed E-state index contributed by atoms with van der Waals surface area (Å²) in [5, 5.41) is 24.8. The highest BCUT2D eigenvalue weighted by atomic mass is 16.5. The molecule has 1 aromatic carbocycles. The minimum Gasteiger partial charge on any atom is -0.478 e. The number of carboxylic acids is 2. The molecule has 3 N–H and O–H groups in total. The molecule has 0 aromatic heterocycles. The predicted octanol–water partition coefficient (Wildman–Crippen LogP) is 0.791. The average Bonchev–Trinajstić information content (AvgIpc) is 2.45. The summed E-state index contributed by atoms with van der Waals surface area (Å²) in [6.45, 7) is 2.52. The molecule has 0 atom stereocenters. The zero-order chi connectivity index (χ0) is 15.5. The van der Waals surface area contributed by atoms with Gasteiger partial charge in [-0.2, -0.15) is 0 Å². The summed E-state index contributed by atoms with van der Waals surface area (Å²) < 4.78 is 4.62. The largest absolute Gasteiger partial charge is 0.478 e. The maximum Gasteiger partial charge on any atom is 0.339 e. The summed E-state index contributed by atoms with van der Waals surface area (Å²) in [6.07, 6.45) is 0.833. The fourth-order valence-corrected chi connectivity index (χ4v) is 1.06. The van der Waals surface area contributed by atoms with Gasteiger partial charge in [0, 0.05) is 6.08 Å². The third kappa shape index (κ3) is 6.31. The Kier molecular flexibility index (Phi) is 8.05. The summed E-state index contributed by atoms with van der Waals surface area (Å²) in [7, 11) is 0. The molecule has 1 aromatic rings. The fourth-order valence-electron chi connectivity index (χ4n) is 1.06. The van der Waals surface area contributed by atoms with E-state index in [9.17, 15) is 14.4 Å². The maximum atomic E-state index is 11.3. The first-order valence-corrected chi connectivity index (χ1v) is 5.39. The topological polar surface area (TPSA) is 121 Å². The Balaban J connectivity index is 0.000000621. The molecule has 0 spiro atoms. The normalized spacial score (nSPS) is 8.85. The van der Waals surface area contributed by atoms with Crippen LogP contribution in [0, 0.1) is 0 Å². The van der Waals surface area contributed by atoms with Gasteiger partial charge in [0.15, 0.2) is 0 Å². The van der Waals surface area contributed by atoms with Crippen molar-refractivity contribution >= 4 is 17.9 Å². The van der Waals surface area contributed by atoms with Gasteiger partial charge < -0.3 is 20.1 Å². The van der Waals surface area contributed by atoms with Crippen LogP contribution in [0.4, 0.5) is 0 Å². The Morgan fingerprint density at radius 3 is 2.05 bits per heavy atom. The van der Waals surface area contributed by atoms with E-state index in [0.717, 1.165) is 6.08 Å². The number of aromatic carboxylic acids is 1. The number of ether oxygens (including phenoxy) is 1. The lowest BCUT2D eigenvalue weighted by Crippen LogP contribution is -2.13. The van der Waals surface area contributed by atoms with Crippen LogP contribution in [0.1, 0.15) is 20.7 Å². The number of aliphatic hydroxyl groups excluding tert-OH is 1. The van der Waals surface area contributed by atoms with Gasteiger partial charge in [-0.15, -0.1) is 0 Å². The van der Waals surface area contributed by atoms with Gasteiger partial charge >= 0.3 is 17.9 Å². The van der Waals surface area contributed by atoms with Gasteiger partial charge in [-0.1, -0.05) is 18.7 Å². The number of carbonyl (C=O) groups is 3. The highest BCUT2D eigenvalue weighted by Crippen LogP contribution is 2.10. The van der Waals surface area contributed by atoms with Crippen LogP contribution in [-0.2, 0) is 9.53 Å². The zero-order valence-electron chi connectivity index (χ0n) is 10.5. The molecule has 20 heavy (non-hydrogen) atoms. The Bertz CT molecular complexity index is 493. The van der Waals surface area contributed by atoms with Gasteiger partial charge in [0.1, 0.15) is 6.61 Å². The second-order valence-electron chi connectivity index (χ2n) is 3.25. The van der Waals surface area contributed by atoms with Crippen molar-refractivity contribution in [1.82, 2.24) is 0 Å². The molecule has 0 aliphatic heterocycles. The SMILES string of the molecule is C=CC(=O)O.O=C(O)c1ccccc1C(=O)OCCO. The second-order valence-corrected chi connectivity index (χ2v) is 3.25. The van der Waals surface area contributed by atoms with Crippen molar-refractivity contribution < 1.29 is 34.4 Å². The summed E-state index contributed by atoms with van der Waals surface area (Å²) in [5.41, 5.74) is -0.126. The molecule has 0 fully saturated rings. The van der Waals surface area contributed by atoms with E-state index in [1.807, 2.05) is 0 Å². The van der Waals surface area contributed by atoms with Gasteiger partial charge in [-0.25, -0.2) is 14.4 Å². The molecule has 7 nitrogen and oxygen atoms in total. The Hall–Kier alpha value is -2.67. The number of benzene rings is 1. The standard InChI is InChI=1S/C10H10O5.C3H4O2/c11-5-6-15-10(14)8-4-2-1-3-7(8)9(12)13;1-2-3(4)5/h1-4,11H,5-6H2,(H,12,13);2H,1H2,(H,4,5). The van der Waals surface area contributed by atoms with E-state index in [2.05, 4.69) is 11.3 Å². The number of carboxylic acid groups (broad SMARTS) is 2. The third-order valence-electron chi connectivity index (χ3n) is 1.88. The van der Waals surface area contributed by atoms with Gasteiger partial charge in [0.05, 0.1) is 17.7 Å². The molecule has 0 saturated carbocycles. The van der Waals surface area contributed by atoms with Crippen LogP contribution in [-0.4, -0.2) is 46.4 Å². The molecule has 0 aliphatic rings. The number of esters is 1. The number of rotatable bonds is 5. The van der Waals surface area contributed by atoms with Crippen LogP contribution in [0.25, 0.3) is 0 Å². The molecular formula is C13H14O7. The van der Waals surface area contributed by atoms with Crippen molar-refractivity contribution in [1.29, 1.82) is 0 Å². The van der Waals surface area contributed by atoms with E-state index in [4.69, 9.17) is 15.3 Å². The molecular weight excluding hydrogens is 268 g/mol. The minimum absolute atomic E-state index is 0.0153. The quantitative estimate of drug-likeness (QED) is 0.539. The van der Waals surface area contributed by atoms with E-state index >= 15 is 0 Å². The van der Waals surface area contributed by atoms with Gasteiger partial charge in [-0.3, -0.25) is 0 Å². The van der Waals surface area contributed by atoms with E-state index in [1.165, 1.54) is 18.2 Å². The predicted molar refractivity (Wildman–Crippen MR) is 68.6 cm³/mol. The molecule has 7 heteroatoms. The monoisotopic (exact) mass is 282 g/mol. The van der Waals surface area contributed by atoms with Gasteiger partial charge in [-0.05, 0) is 12.1 Å². The number of aliphatic carboxylic acids is 1. The van der Waals surface area contributed by atoms with Crippen LogP contribution in [0.3, 0.4) is 0 Å². The average molecular weight is 282 g/mol. The van der Waals surface area contributed by atoms with Gasteiger partial charge in [0.2, 0.25) is 0 Å². The molecule has 108 valence electrons. The number of hydrogen-bond donors (Lipinski definition) is 3. The third-order valence-corrected chi connectivity index (χ3v) is 1.88. The molecule has 0 aliphatic carbocycles. The summed E-state index contributed by atoms with van der Waals surface area (Å²) in [6, 6.07) is 5.75. The van der Waals surface area contributed by atoms with Crippen LogP contribution >= 0.6 is 0 Å². The lowest BCUT2D eigenvalue weighted by molar-refractivity contribution is -0.131.